The van der Waals surface area contributed by atoms with Gasteiger partial charge >= 0.3 is 0 Å². The number of nitrogens with zero attached hydrogens (tertiary/aromatic N) is 1. The molecule has 1 rings (SSSR count). The van der Waals surface area contributed by atoms with Crippen LogP contribution in [0.3, 0.4) is 0 Å². The standard InChI is InChI=1S/C11H20ClN3O/c1-9(12)7-14-10(13-3)15-8-11(2)5-4-6-16-11/h1,4-8H2,2-3H3,(H2,13,14,15). The lowest BCUT2D eigenvalue weighted by Crippen LogP contribution is -2.45. The van der Waals surface area contributed by atoms with Gasteiger partial charge in [-0.1, -0.05) is 18.2 Å². The van der Waals surface area contributed by atoms with E-state index in [1.54, 1.807) is 7.05 Å². The Balaban J connectivity index is 2.31. The normalized spacial score (nSPS) is 25.6. The van der Waals surface area contributed by atoms with Crippen LogP contribution < -0.4 is 10.6 Å². The van der Waals surface area contributed by atoms with Gasteiger partial charge < -0.3 is 15.4 Å². The van der Waals surface area contributed by atoms with Crippen molar-refractivity contribution in [2.45, 2.75) is 25.4 Å². The van der Waals surface area contributed by atoms with Crippen LogP contribution in [0, 0.1) is 0 Å². The molecule has 0 radical (unpaired) electrons. The van der Waals surface area contributed by atoms with Crippen molar-refractivity contribution in [3.8, 4) is 0 Å². The van der Waals surface area contributed by atoms with Crippen LogP contribution in [0.2, 0.25) is 0 Å². The Labute approximate surface area is 102 Å². The van der Waals surface area contributed by atoms with Crippen LogP contribution >= 0.6 is 11.6 Å². The fourth-order valence-electron chi connectivity index (χ4n) is 1.65. The van der Waals surface area contributed by atoms with E-state index in [1.807, 2.05) is 0 Å². The molecular weight excluding hydrogens is 226 g/mol. The lowest BCUT2D eigenvalue weighted by Gasteiger charge is -2.24. The molecule has 0 aromatic heterocycles. The average Bonchev–Trinajstić information content (AvgIpc) is 2.65. The third-order valence-corrected chi connectivity index (χ3v) is 2.74. The zero-order valence-electron chi connectivity index (χ0n) is 9.98. The highest BCUT2D eigenvalue weighted by atomic mass is 35.5. The lowest BCUT2D eigenvalue weighted by atomic mass is 10.0. The number of hydrogen-bond acceptors (Lipinski definition) is 2. The zero-order chi connectivity index (χ0) is 12.0. The Hall–Kier alpha value is -0.740. The molecule has 0 bridgehead atoms. The summed E-state index contributed by atoms with van der Waals surface area (Å²) in [6.45, 7) is 7.83. The fraction of sp³-hybridized carbons (Fsp3) is 0.727. The van der Waals surface area contributed by atoms with Crippen molar-refractivity contribution >= 4 is 17.6 Å². The highest BCUT2D eigenvalue weighted by Gasteiger charge is 2.29. The lowest BCUT2D eigenvalue weighted by molar-refractivity contribution is 0.0243. The molecule has 1 heterocycles. The molecule has 0 aromatic carbocycles. The molecule has 92 valence electrons. The summed E-state index contributed by atoms with van der Waals surface area (Å²) in [6.07, 6.45) is 2.21. The summed E-state index contributed by atoms with van der Waals surface area (Å²) < 4.78 is 5.67. The van der Waals surface area contributed by atoms with E-state index < -0.39 is 0 Å². The van der Waals surface area contributed by atoms with E-state index in [2.05, 4.69) is 29.1 Å². The largest absolute Gasteiger partial charge is 0.373 e. The van der Waals surface area contributed by atoms with Crippen molar-refractivity contribution in [2.24, 2.45) is 4.99 Å². The summed E-state index contributed by atoms with van der Waals surface area (Å²) >= 11 is 5.67. The van der Waals surface area contributed by atoms with Crippen LogP contribution in [-0.4, -0.2) is 38.3 Å². The van der Waals surface area contributed by atoms with Crippen molar-refractivity contribution in [1.82, 2.24) is 10.6 Å². The molecule has 16 heavy (non-hydrogen) atoms. The van der Waals surface area contributed by atoms with E-state index in [0.717, 1.165) is 32.0 Å². The number of hydrogen-bond donors (Lipinski definition) is 2. The molecule has 2 N–H and O–H groups in total. The van der Waals surface area contributed by atoms with Gasteiger partial charge in [0.25, 0.3) is 0 Å². The molecule has 0 amide bonds. The van der Waals surface area contributed by atoms with E-state index in [1.165, 1.54) is 0 Å². The van der Waals surface area contributed by atoms with Crippen molar-refractivity contribution in [2.75, 3.05) is 26.7 Å². The predicted octanol–water partition coefficient (Wildman–Crippen LogP) is 1.47. The molecule has 1 saturated heterocycles. The summed E-state index contributed by atoms with van der Waals surface area (Å²) in [5.74, 6) is 0.721. The molecule has 1 aliphatic rings. The SMILES string of the molecule is C=C(Cl)CNC(=NC)NCC1(C)CCCO1. The van der Waals surface area contributed by atoms with Crippen LogP contribution in [0.4, 0.5) is 0 Å². The van der Waals surface area contributed by atoms with E-state index in [-0.39, 0.29) is 5.60 Å². The van der Waals surface area contributed by atoms with Gasteiger partial charge in [0.2, 0.25) is 0 Å². The molecule has 1 fully saturated rings. The van der Waals surface area contributed by atoms with E-state index in [4.69, 9.17) is 16.3 Å². The molecule has 4 nitrogen and oxygen atoms in total. The van der Waals surface area contributed by atoms with Crippen LogP contribution in [0.25, 0.3) is 0 Å². The van der Waals surface area contributed by atoms with Gasteiger partial charge in [-0.15, -0.1) is 0 Å². The van der Waals surface area contributed by atoms with Crippen molar-refractivity contribution < 1.29 is 4.74 Å². The molecule has 1 unspecified atom stereocenters. The zero-order valence-corrected chi connectivity index (χ0v) is 10.7. The summed E-state index contributed by atoms with van der Waals surface area (Å²) in [5, 5.41) is 6.84. The fourth-order valence-corrected chi connectivity index (χ4v) is 1.71. The third-order valence-electron chi connectivity index (χ3n) is 2.60. The summed E-state index contributed by atoms with van der Waals surface area (Å²) in [4.78, 5) is 4.09. The minimum absolute atomic E-state index is 0.0738. The van der Waals surface area contributed by atoms with Crippen LogP contribution in [0.15, 0.2) is 16.6 Å². The monoisotopic (exact) mass is 245 g/mol. The number of ether oxygens (including phenoxy) is 1. The molecular formula is C11H20ClN3O. The first-order chi connectivity index (χ1) is 7.56. The van der Waals surface area contributed by atoms with Crippen molar-refractivity contribution in [1.29, 1.82) is 0 Å². The van der Waals surface area contributed by atoms with Gasteiger partial charge in [0, 0.05) is 25.2 Å². The highest BCUT2D eigenvalue weighted by Crippen LogP contribution is 2.23. The first-order valence-electron chi connectivity index (χ1n) is 5.47. The van der Waals surface area contributed by atoms with Gasteiger partial charge in [-0.05, 0) is 19.8 Å². The first-order valence-corrected chi connectivity index (χ1v) is 5.85. The summed E-state index contributed by atoms with van der Waals surface area (Å²) in [5.41, 5.74) is -0.0738. The van der Waals surface area contributed by atoms with E-state index >= 15 is 0 Å². The Kier molecular flexibility index (Phi) is 5.09. The first kappa shape index (κ1) is 13.3. The van der Waals surface area contributed by atoms with Crippen molar-refractivity contribution in [3.05, 3.63) is 11.6 Å². The number of rotatable bonds is 4. The number of guanidine groups is 1. The number of nitrogens with one attached hydrogen (secondary N) is 2. The summed E-state index contributed by atoms with van der Waals surface area (Å²) in [7, 11) is 1.73. The smallest absolute Gasteiger partial charge is 0.191 e. The van der Waals surface area contributed by atoms with Crippen LogP contribution in [0.5, 0.6) is 0 Å². The second kappa shape index (κ2) is 6.11. The van der Waals surface area contributed by atoms with Gasteiger partial charge in [0.05, 0.1) is 12.1 Å². The second-order valence-corrected chi connectivity index (χ2v) is 4.73. The second-order valence-electron chi connectivity index (χ2n) is 4.20. The Bertz CT molecular complexity index is 272. The molecule has 0 aliphatic carbocycles. The van der Waals surface area contributed by atoms with Gasteiger partial charge in [0.15, 0.2) is 5.96 Å². The maximum Gasteiger partial charge on any atom is 0.191 e. The van der Waals surface area contributed by atoms with Crippen LogP contribution in [0.1, 0.15) is 19.8 Å². The maximum absolute atomic E-state index is 5.67. The average molecular weight is 246 g/mol. The molecule has 1 aliphatic heterocycles. The maximum atomic E-state index is 5.67. The van der Waals surface area contributed by atoms with Gasteiger partial charge in [-0.25, -0.2) is 0 Å². The van der Waals surface area contributed by atoms with Crippen molar-refractivity contribution in [3.63, 3.8) is 0 Å². The van der Waals surface area contributed by atoms with Gasteiger partial charge in [-0.3, -0.25) is 4.99 Å². The topological polar surface area (TPSA) is 45.7 Å². The minimum atomic E-state index is -0.0738. The number of halogens is 1. The van der Waals surface area contributed by atoms with Gasteiger partial charge in [0.1, 0.15) is 0 Å². The Morgan fingerprint density at radius 1 is 1.56 bits per heavy atom. The molecule has 1 atom stereocenters. The van der Waals surface area contributed by atoms with Gasteiger partial charge in [-0.2, -0.15) is 0 Å². The number of aliphatic imine (C=N–C) groups is 1. The summed E-state index contributed by atoms with van der Waals surface area (Å²) in [6, 6.07) is 0. The van der Waals surface area contributed by atoms with Crippen LogP contribution in [-0.2, 0) is 4.74 Å². The van der Waals surface area contributed by atoms with E-state index in [9.17, 15) is 0 Å². The Morgan fingerprint density at radius 3 is 2.81 bits per heavy atom. The quantitative estimate of drug-likeness (QED) is 0.583. The molecule has 5 heteroatoms. The third kappa shape index (κ3) is 4.41. The predicted molar refractivity (Wildman–Crippen MR) is 67.9 cm³/mol. The highest BCUT2D eigenvalue weighted by molar-refractivity contribution is 6.29. The van der Waals surface area contributed by atoms with E-state index in [0.29, 0.717) is 11.6 Å². The molecule has 0 aromatic rings. The minimum Gasteiger partial charge on any atom is -0.373 e. The molecule has 0 spiro atoms. The molecule has 0 saturated carbocycles. The Morgan fingerprint density at radius 2 is 2.31 bits per heavy atom.